The van der Waals surface area contributed by atoms with Crippen LogP contribution in [0, 0.1) is 6.42 Å². The first-order chi connectivity index (χ1) is 10.5. The number of quaternary nitrogens is 1. The van der Waals surface area contributed by atoms with Crippen LogP contribution in [-0.2, 0) is 21.7 Å². The summed E-state index contributed by atoms with van der Waals surface area (Å²) in [4.78, 5) is 4.51. The minimum absolute atomic E-state index is 0. The summed E-state index contributed by atoms with van der Waals surface area (Å²) in [7, 11) is 4.24. The number of halogens is 2. The molecular weight excluding hydrogens is 415 g/mol. The molecule has 0 bridgehead atoms. The number of hydrogen-bond donors (Lipinski definition) is 0. The summed E-state index contributed by atoms with van der Waals surface area (Å²) in [6, 6.07) is 8.88. The summed E-state index contributed by atoms with van der Waals surface area (Å²) in [6.07, 6.45) is 3.58. The Morgan fingerprint density at radius 2 is 1.65 bits per heavy atom. The van der Waals surface area contributed by atoms with E-state index in [2.05, 4.69) is 90.6 Å². The molecule has 1 aliphatic carbocycles. The van der Waals surface area contributed by atoms with Crippen molar-refractivity contribution in [3.8, 4) is 0 Å². The third kappa shape index (κ3) is 6.41. The third-order valence-corrected chi connectivity index (χ3v) is 5.59. The zero-order valence-electron chi connectivity index (χ0n) is 17.3. The molecule has 1 aliphatic heterocycles. The largest absolute Gasteiger partial charge is 2.00 e. The van der Waals surface area contributed by atoms with Crippen LogP contribution >= 0.6 is 0 Å². The zero-order chi connectivity index (χ0) is 17.4. The van der Waals surface area contributed by atoms with Crippen molar-refractivity contribution in [2.75, 3.05) is 14.1 Å². The molecule has 1 radical (unpaired) electrons. The van der Waals surface area contributed by atoms with Gasteiger partial charge in [0.25, 0.3) is 0 Å². The molecule has 26 heavy (non-hydrogen) atoms. The van der Waals surface area contributed by atoms with E-state index >= 15 is 0 Å². The zero-order valence-corrected chi connectivity index (χ0v) is 21.4. The molecule has 2 aliphatic rings. The normalized spacial score (nSPS) is 19.0. The first-order valence-electron chi connectivity index (χ1n) is 8.55. The van der Waals surface area contributed by atoms with Crippen LogP contribution in [0.25, 0.3) is 4.98 Å². The van der Waals surface area contributed by atoms with Crippen molar-refractivity contribution in [1.82, 2.24) is 4.48 Å². The monoisotopic (exact) mass is 446 g/mol. The molecule has 1 atom stereocenters. The average Bonchev–Trinajstić information content (AvgIpc) is 2.88. The van der Waals surface area contributed by atoms with E-state index in [9.17, 15) is 0 Å². The molecule has 0 N–H and O–H groups in total. The van der Waals surface area contributed by atoms with Gasteiger partial charge in [0.05, 0.1) is 14.1 Å². The minimum Gasteiger partial charge on any atom is -1.00 e. The Balaban J connectivity index is 0. The van der Waals surface area contributed by atoms with Crippen molar-refractivity contribution >= 4 is 14.6 Å². The van der Waals surface area contributed by atoms with Gasteiger partial charge in [0.2, 0.25) is 0 Å². The Morgan fingerprint density at radius 1 is 1.12 bits per heavy atom. The van der Waals surface area contributed by atoms with E-state index in [4.69, 9.17) is 0 Å². The standard InChI is InChI=1S/C14H17N.C6H15NSi.2ClH.Ti/c1-10-8-9-12-11-6-4-5-7-13(11)15(2,3)14(10)12;1-6(2,3)7-8(4)5;;;/h4-8,12H,9H2,1-3H3;1-5H3;2*1H;/q;-1;;;+2/p-2. The van der Waals surface area contributed by atoms with Crippen molar-refractivity contribution in [2.45, 2.75) is 58.7 Å². The van der Waals surface area contributed by atoms with E-state index in [-0.39, 0.29) is 61.0 Å². The number of benzene rings is 1. The van der Waals surface area contributed by atoms with E-state index in [0.717, 1.165) is 4.48 Å². The molecule has 0 spiro atoms. The van der Waals surface area contributed by atoms with Crippen LogP contribution in [0.5, 0.6) is 0 Å². The van der Waals surface area contributed by atoms with Gasteiger partial charge in [-0.25, -0.2) is 6.42 Å². The Hall–Kier alpha value is 0.261. The number of likely N-dealkylation sites (N-methyl/N-ethyl adjacent to an activating group) is 1. The summed E-state index contributed by atoms with van der Waals surface area (Å²) in [5.41, 5.74) is 6.28. The number of hydrogen-bond acceptors (Lipinski definition) is 0. The van der Waals surface area contributed by atoms with Gasteiger partial charge in [0.1, 0.15) is 5.69 Å². The maximum absolute atomic E-state index is 4.51. The van der Waals surface area contributed by atoms with Crippen molar-refractivity contribution in [3.05, 3.63) is 52.5 Å². The van der Waals surface area contributed by atoms with Crippen molar-refractivity contribution in [2.24, 2.45) is 0 Å². The van der Waals surface area contributed by atoms with Gasteiger partial charge in [-0.05, 0) is 17.7 Å². The maximum Gasteiger partial charge on any atom is 2.00 e. The van der Waals surface area contributed by atoms with Gasteiger partial charge < -0.3 is 34.3 Å². The molecule has 2 nitrogen and oxygen atoms in total. The van der Waals surface area contributed by atoms with Crippen LogP contribution in [0.3, 0.4) is 0 Å². The average molecular weight is 447 g/mol. The van der Waals surface area contributed by atoms with Crippen LogP contribution in [0.4, 0.5) is 5.69 Å². The second-order valence-electron chi connectivity index (χ2n) is 8.30. The molecule has 6 heteroatoms. The summed E-state index contributed by atoms with van der Waals surface area (Å²) in [5, 5.41) is 0. The minimum atomic E-state index is -0.367. The van der Waals surface area contributed by atoms with Crippen molar-refractivity contribution < 1.29 is 46.5 Å². The molecule has 0 amide bonds. The summed E-state index contributed by atoms with van der Waals surface area (Å²) >= 11 is 0. The molecule has 1 heterocycles. The quantitative estimate of drug-likeness (QED) is 0.318. The van der Waals surface area contributed by atoms with Crippen molar-refractivity contribution in [3.63, 3.8) is 0 Å². The van der Waals surface area contributed by atoms with Crippen LogP contribution in [0.2, 0.25) is 13.1 Å². The van der Waals surface area contributed by atoms with Crippen molar-refractivity contribution in [1.29, 1.82) is 0 Å². The van der Waals surface area contributed by atoms with Gasteiger partial charge in [-0.15, -0.1) is 12.0 Å². The molecule has 1 aromatic rings. The Bertz CT molecular complexity index is 610. The predicted octanol–water partition coefficient (Wildman–Crippen LogP) is -0.352. The molecule has 0 aromatic heterocycles. The first-order valence-corrected chi connectivity index (χ1v) is 11.0. The second kappa shape index (κ2) is 10.7. The Morgan fingerprint density at radius 3 is 2.12 bits per heavy atom. The number of rotatable bonds is 1. The summed E-state index contributed by atoms with van der Waals surface area (Å²) < 4.78 is 0.948. The number of fused-ring (bicyclic) bond motifs is 3. The molecule has 0 saturated heterocycles. The van der Waals surface area contributed by atoms with Gasteiger partial charge in [0, 0.05) is 5.56 Å². The van der Waals surface area contributed by atoms with E-state index in [1.54, 1.807) is 5.70 Å². The summed E-state index contributed by atoms with van der Waals surface area (Å²) in [6.45, 7) is 13.1. The molecule has 0 saturated carbocycles. The van der Waals surface area contributed by atoms with Gasteiger partial charge in [-0.2, -0.15) is 5.57 Å². The Labute approximate surface area is 190 Å². The molecule has 3 rings (SSSR count). The van der Waals surface area contributed by atoms with Gasteiger partial charge in [-0.1, -0.05) is 67.9 Å². The Kier molecular flexibility index (Phi) is 11.7. The smallest absolute Gasteiger partial charge is 1.00 e. The van der Waals surface area contributed by atoms with Crippen LogP contribution in [0.1, 0.15) is 45.6 Å². The molecule has 145 valence electrons. The second-order valence-corrected chi connectivity index (χ2v) is 10.4. The van der Waals surface area contributed by atoms with Gasteiger partial charge >= 0.3 is 21.7 Å². The third-order valence-electron chi connectivity index (χ3n) is 4.47. The SMILES string of the molecule is CC1=C2C(C[CH-]1)c1ccccc1[N+]2(C)C.C[Si](C)[N-]C(C)(C)C.[Cl-].[Cl-].[Ti+2]. The van der Waals surface area contributed by atoms with Gasteiger partial charge in [-0.3, -0.25) is 0 Å². The van der Waals surface area contributed by atoms with Crippen LogP contribution in [0.15, 0.2) is 35.5 Å². The van der Waals surface area contributed by atoms with Gasteiger partial charge in [0.15, 0.2) is 0 Å². The fourth-order valence-corrected chi connectivity index (χ4v) is 5.32. The number of para-hydroxylation sites is 1. The number of nitrogens with zero attached hydrogens (tertiary/aromatic N) is 2. The summed E-state index contributed by atoms with van der Waals surface area (Å²) in [5.74, 6) is 0.649. The number of allylic oxidation sites excluding steroid dienone is 2. The predicted molar refractivity (Wildman–Crippen MR) is 105 cm³/mol. The van der Waals surface area contributed by atoms with E-state index in [0.29, 0.717) is 5.92 Å². The van der Waals surface area contributed by atoms with Crippen LogP contribution in [-0.4, -0.2) is 28.6 Å². The van der Waals surface area contributed by atoms with E-state index in [1.165, 1.54) is 23.2 Å². The molecular formula is C20H32Cl2N2SiTi-. The fourth-order valence-electron chi connectivity index (χ4n) is 3.98. The van der Waals surface area contributed by atoms with E-state index < -0.39 is 0 Å². The topological polar surface area (TPSA) is 14.1 Å². The molecule has 1 aromatic carbocycles. The van der Waals surface area contributed by atoms with Crippen LogP contribution < -0.4 is 29.3 Å². The van der Waals surface area contributed by atoms with E-state index in [1.807, 2.05) is 0 Å². The first kappa shape index (κ1) is 28.5. The molecule has 0 fully saturated rings. The fraction of sp³-hybridized carbons (Fsp3) is 0.550. The molecule has 1 unspecified atom stereocenters. The maximum atomic E-state index is 4.51.